The first-order chi connectivity index (χ1) is 13.9. The third-order valence-electron chi connectivity index (χ3n) is 6.09. The number of rotatable bonds is 2. The van der Waals surface area contributed by atoms with Crippen LogP contribution in [0.25, 0.3) is 22.3 Å². The van der Waals surface area contributed by atoms with Crippen LogP contribution >= 0.6 is 0 Å². The van der Waals surface area contributed by atoms with Crippen LogP contribution in [0.3, 0.4) is 0 Å². The second-order valence-corrected chi connectivity index (χ2v) is 7.70. The number of hydrogen-bond acceptors (Lipinski definition) is 6. The zero-order valence-electron chi connectivity index (χ0n) is 16.3. The van der Waals surface area contributed by atoms with Gasteiger partial charge in [0.15, 0.2) is 5.60 Å². The predicted molar refractivity (Wildman–Crippen MR) is 108 cm³/mol. The highest BCUT2D eigenvalue weighted by Crippen LogP contribution is 2.39. The van der Waals surface area contributed by atoms with E-state index in [2.05, 4.69) is 0 Å². The average molecular weight is 391 g/mol. The van der Waals surface area contributed by atoms with Crippen LogP contribution in [0.15, 0.2) is 29.1 Å². The van der Waals surface area contributed by atoms with Crippen LogP contribution in [0, 0.1) is 0 Å². The Balaban J connectivity index is 1.81. The van der Waals surface area contributed by atoms with E-state index in [-0.39, 0.29) is 18.6 Å². The standard InChI is InChI=1S/C22H21N3O4/c1-3-11-6-14(23)7-12-5-13-9-25-17(19(13)24-18(11)12)8-16-15(20(25)26)10-29-21(27)22(16,28)4-2/h5-8,28H,3-4,9-10,23H2,1-2H3/t22-/m0/s1. The maximum atomic E-state index is 13.2. The molecule has 7 heteroatoms. The highest BCUT2D eigenvalue weighted by molar-refractivity contribution is 5.89. The molecule has 3 aromatic rings. The molecule has 0 aliphatic carbocycles. The van der Waals surface area contributed by atoms with Gasteiger partial charge in [-0.2, -0.15) is 0 Å². The van der Waals surface area contributed by atoms with Crippen molar-refractivity contribution in [3.63, 3.8) is 0 Å². The number of anilines is 1. The number of benzene rings is 1. The minimum atomic E-state index is -1.81. The second kappa shape index (κ2) is 5.90. The molecule has 4 heterocycles. The second-order valence-electron chi connectivity index (χ2n) is 7.70. The largest absolute Gasteiger partial charge is 0.458 e. The highest BCUT2D eigenvalue weighted by atomic mass is 16.6. The maximum Gasteiger partial charge on any atom is 0.343 e. The van der Waals surface area contributed by atoms with E-state index in [9.17, 15) is 14.7 Å². The molecular formula is C22H21N3O4. The Morgan fingerprint density at radius 3 is 2.76 bits per heavy atom. The molecule has 7 nitrogen and oxygen atoms in total. The fourth-order valence-corrected chi connectivity index (χ4v) is 4.47. The summed E-state index contributed by atoms with van der Waals surface area (Å²) in [5, 5.41) is 11.9. The SMILES string of the molecule is CCc1cc(N)cc2cc3c(nc12)-c1cc2c(c(=O)n1C3)COC(=O)[C@]2(O)CC. The third kappa shape index (κ3) is 2.31. The van der Waals surface area contributed by atoms with Gasteiger partial charge in [0.25, 0.3) is 5.56 Å². The molecule has 2 aromatic heterocycles. The van der Waals surface area contributed by atoms with E-state index in [1.165, 1.54) is 0 Å². The molecule has 3 N–H and O–H groups in total. The number of aromatic nitrogens is 2. The molecule has 0 radical (unpaired) electrons. The van der Waals surface area contributed by atoms with Gasteiger partial charge >= 0.3 is 5.97 Å². The molecule has 29 heavy (non-hydrogen) atoms. The first-order valence-corrected chi connectivity index (χ1v) is 9.76. The topological polar surface area (TPSA) is 107 Å². The number of hydrogen-bond donors (Lipinski definition) is 2. The molecule has 0 saturated heterocycles. The van der Waals surface area contributed by atoms with Gasteiger partial charge in [0, 0.05) is 22.2 Å². The Morgan fingerprint density at radius 2 is 2.03 bits per heavy atom. The summed E-state index contributed by atoms with van der Waals surface area (Å²) in [6, 6.07) is 7.56. The van der Waals surface area contributed by atoms with E-state index in [1.807, 2.05) is 25.1 Å². The van der Waals surface area contributed by atoms with Crippen molar-refractivity contribution in [3.8, 4) is 11.4 Å². The lowest BCUT2D eigenvalue weighted by molar-refractivity contribution is -0.172. The van der Waals surface area contributed by atoms with Crippen molar-refractivity contribution >= 4 is 22.6 Å². The summed E-state index contributed by atoms with van der Waals surface area (Å²) < 4.78 is 6.74. The zero-order chi connectivity index (χ0) is 20.5. The minimum Gasteiger partial charge on any atom is -0.458 e. The highest BCUT2D eigenvalue weighted by Gasteiger charge is 2.45. The number of carbonyl (C=O) groups is 1. The van der Waals surface area contributed by atoms with Gasteiger partial charge in [-0.1, -0.05) is 13.8 Å². The molecule has 148 valence electrons. The van der Waals surface area contributed by atoms with E-state index in [0.29, 0.717) is 34.7 Å². The first-order valence-electron chi connectivity index (χ1n) is 9.76. The molecule has 1 atom stereocenters. The van der Waals surface area contributed by atoms with E-state index in [0.717, 1.165) is 28.5 Å². The molecule has 0 unspecified atom stereocenters. The lowest BCUT2D eigenvalue weighted by atomic mass is 9.86. The van der Waals surface area contributed by atoms with E-state index < -0.39 is 11.6 Å². The molecular weight excluding hydrogens is 370 g/mol. The van der Waals surface area contributed by atoms with Crippen molar-refractivity contribution in [2.45, 2.75) is 45.4 Å². The fraction of sp³-hybridized carbons (Fsp3) is 0.318. The summed E-state index contributed by atoms with van der Waals surface area (Å²) in [4.78, 5) is 30.3. The number of aliphatic hydroxyl groups is 1. The van der Waals surface area contributed by atoms with Crippen LogP contribution in [0.2, 0.25) is 0 Å². The average Bonchev–Trinajstić information content (AvgIpc) is 3.07. The summed E-state index contributed by atoms with van der Waals surface area (Å²) in [5.74, 6) is -0.717. The van der Waals surface area contributed by atoms with Gasteiger partial charge < -0.3 is 20.1 Å². The number of ether oxygens (including phenoxy) is 1. The Kier molecular flexibility index (Phi) is 3.64. The molecule has 0 spiro atoms. The summed E-state index contributed by atoms with van der Waals surface area (Å²) in [5.41, 5.74) is 9.43. The zero-order valence-corrected chi connectivity index (χ0v) is 16.3. The molecule has 0 bridgehead atoms. The van der Waals surface area contributed by atoms with Crippen LogP contribution in [0.4, 0.5) is 5.69 Å². The van der Waals surface area contributed by atoms with Crippen molar-refractivity contribution in [2.75, 3.05) is 5.73 Å². The van der Waals surface area contributed by atoms with Crippen molar-refractivity contribution in [1.82, 2.24) is 9.55 Å². The number of nitrogens with zero attached hydrogens (tertiary/aromatic N) is 2. The van der Waals surface area contributed by atoms with E-state index in [1.54, 1.807) is 17.6 Å². The summed E-state index contributed by atoms with van der Waals surface area (Å²) in [6.07, 6.45) is 0.907. The molecule has 2 aliphatic heterocycles. The number of nitrogen functional groups attached to an aromatic ring is 1. The van der Waals surface area contributed by atoms with Gasteiger partial charge in [-0.25, -0.2) is 9.78 Å². The van der Waals surface area contributed by atoms with Gasteiger partial charge in [-0.15, -0.1) is 0 Å². The molecule has 0 fully saturated rings. The number of aryl methyl sites for hydroxylation is 1. The lowest BCUT2D eigenvalue weighted by Crippen LogP contribution is -2.44. The number of pyridine rings is 2. The fourth-order valence-electron chi connectivity index (χ4n) is 4.47. The van der Waals surface area contributed by atoms with Crippen LogP contribution < -0.4 is 11.3 Å². The van der Waals surface area contributed by atoms with Gasteiger partial charge in [-0.3, -0.25) is 4.79 Å². The van der Waals surface area contributed by atoms with Gasteiger partial charge in [0.2, 0.25) is 0 Å². The van der Waals surface area contributed by atoms with Crippen molar-refractivity contribution in [1.29, 1.82) is 0 Å². The monoisotopic (exact) mass is 391 g/mol. The number of nitrogens with two attached hydrogens (primary N) is 1. The Morgan fingerprint density at radius 1 is 1.24 bits per heavy atom. The predicted octanol–water partition coefficient (Wildman–Crippen LogP) is 2.22. The molecule has 0 amide bonds. The quantitative estimate of drug-likeness (QED) is 0.401. The Bertz CT molecular complexity index is 1280. The number of cyclic esters (lactones) is 1. The molecule has 2 aliphatic rings. The van der Waals surface area contributed by atoms with Crippen molar-refractivity contribution < 1.29 is 14.6 Å². The maximum absolute atomic E-state index is 13.2. The van der Waals surface area contributed by atoms with E-state index >= 15 is 0 Å². The Hall–Kier alpha value is -3.19. The lowest BCUT2D eigenvalue weighted by Gasteiger charge is -2.31. The number of esters is 1. The first kappa shape index (κ1) is 17.9. The van der Waals surface area contributed by atoms with Gasteiger partial charge in [-0.05, 0) is 42.7 Å². The smallest absolute Gasteiger partial charge is 0.343 e. The van der Waals surface area contributed by atoms with Gasteiger partial charge in [0.1, 0.15) is 6.61 Å². The Labute approximate surface area is 166 Å². The summed E-state index contributed by atoms with van der Waals surface area (Å²) >= 11 is 0. The van der Waals surface area contributed by atoms with Crippen molar-refractivity contribution in [2.24, 2.45) is 0 Å². The third-order valence-corrected chi connectivity index (χ3v) is 6.09. The van der Waals surface area contributed by atoms with Gasteiger partial charge in [0.05, 0.1) is 29.0 Å². The van der Waals surface area contributed by atoms with Crippen LogP contribution in [-0.2, 0) is 34.7 Å². The van der Waals surface area contributed by atoms with Crippen molar-refractivity contribution in [3.05, 3.63) is 56.9 Å². The molecule has 5 rings (SSSR count). The summed E-state index contributed by atoms with van der Waals surface area (Å²) in [6.45, 7) is 4.00. The molecule has 0 saturated carbocycles. The molecule has 1 aromatic carbocycles. The minimum absolute atomic E-state index is 0.124. The normalized spacial score (nSPS) is 19.6. The summed E-state index contributed by atoms with van der Waals surface area (Å²) in [7, 11) is 0. The van der Waals surface area contributed by atoms with Crippen LogP contribution in [0.5, 0.6) is 0 Å². The van der Waals surface area contributed by atoms with Crippen LogP contribution in [-0.4, -0.2) is 20.6 Å². The van der Waals surface area contributed by atoms with Crippen LogP contribution in [0.1, 0.15) is 42.5 Å². The van der Waals surface area contributed by atoms with E-state index in [4.69, 9.17) is 15.5 Å². The number of fused-ring (bicyclic) bond motifs is 5. The number of carbonyl (C=O) groups excluding carboxylic acids is 1.